The second-order valence-electron chi connectivity index (χ2n) is 7.67. The Labute approximate surface area is 203 Å². The van der Waals surface area contributed by atoms with E-state index in [0.29, 0.717) is 27.4 Å². The summed E-state index contributed by atoms with van der Waals surface area (Å²) in [4.78, 5) is 15.0. The highest BCUT2D eigenvalue weighted by Gasteiger charge is 2.25. The second kappa shape index (κ2) is 11.2. The van der Waals surface area contributed by atoms with Gasteiger partial charge < -0.3 is 9.88 Å². The van der Waals surface area contributed by atoms with E-state index in [1.54, 1.807) is 18.2 Å². The summed E-state index contributed by atoms with van der Waals surface area (Å²) in [5, 5.41) is 13.0. The fourth-order valence-corrected chi connectivity index (χ4v) is 4.56. The molecule has 32 heavy (non-hydrogen) atoms. The molecule has 0 spiro atoms. The first-order valence-electron chi connectivity index (χ1n) is 10.4. The predicted molar refractivity (Wildman–Crippen MR) is 133 cm³/mol. The van der Waals surface area contributed by atoms with Gasteiger partial charge >= 0.3 is 0 Å². The number of carbonyl (C=O) groups is 1. The molecule has 0 aliphatic heterocycles. The van der Waals surface area contributed by atoms with Gasteiger partial charge in [-0.15, -0.1) is 10.2 Å². The van der Waals surface area contributed by atoms with E-state index in [1.165, 1.54) is 11.8 Å². The number of thioether (sulfide) groups is 1. The van der Waals surface area contributed by atoms with Crippen LogP contribution in [0.15, 0.2) is 53.7 Å². The molecule has 0 saturated heterocycles. The van der Waals surface area contributed by atoms with Crippen molar-refractivity contribution in [2.24, 2.45) is 0 Å². The van der Waals surface area contributed by atoms with E-state index in [2.05, 4.69) is 44.0 Å². The van der Waals surface area contributed by atoms with Crippen LogP contribution in [0.4, 0.5) is 5.69 Å². The standard InChI is InChI=1S/C23H27Cl2N5OS/c1-5-20(29(3)4)21-27-28-23(30(21)14-16-9-7-6-8-10-16)32-15(2)22(31)26-19-13-17(24)11-12-18(19)25/h6-13,15,20H,5,14H2,1-4H3,(H,26,31)/t15-,20+/m0/s1. The molecule has 1 aromatic heterocycles. The Morgan fingerprint density at radius 2 is 1.88 bits per heavy atom. The first kappa shape index (κ1) is 24.6. The highest BCUT2D eigenvalue weighted by Crippen LogP contribution is 2.30. The molecule has 1 N–H and O–H groups in total. The molecule has 0 aliphatic rings. The molecule has 2 atom stereocenters. The zero-order valence-electron chi connectivity index (χ0n) is 18.5. The molecule has 2 aromatic carbocycles. The Morgan fingerprint density at radius 3 is 2.53 bits per heavy atom. The van der Waals surface area contributed by atoms with Crippen molar-refractivity contribution in [3.63, 3.8) is 0 Å². The molecule has 6 nitrogen and oxygen atoms in total. The number of rotatable bonds is 9. The zero-order valence-corrected chi connectivity index (χ0v) is 20.9. The van der Waals surface area contributed by atoms with Gasteiger partial charge in [0.2, 0.25) is 5.91 Å². The third-order valence-corrected chi connectivity index (χ3v) is 6.72. The monoisotopic (exact) mass is 491 g/mol. The number of benzene rings is 2. The minimum absolute atomic E-state index is 0.120. The average molecular weight is 492 g/mol. The summed E-state index contributed by atoms with van der Waals surface area (Å²) >= 11 is 13.6. The van der Waals surface area contributed by atoms with Gasteiger partial charge in [-0.2, -0.15) is 0 Å². The Bertz CT molecular complexity index is 1060. The van der Waals surface area contributed by atoms with Crippen molar-refractivity contribution < 1.29 is 4.79 Å². The van der Waals surface area contributed by atoms with E-state index in [1.807, 2.05) is 39.2 Å². The lowest BCUT2D eigenvalue weighted by atomic mass is 10.2. The first-order valence-corrected chi connectivity index (χ1v) is 12.0. The van der Waals surface area contributed by atoms with Crippen LogP contribution in [-0.2, 0) is 11.3 Å². The lowest BCUT2D eigenvalue weighted by Crippen LogP contribution is -2.25. The van der Waals surface area contributed by atoms with Crippen LogP contribution in [0.25, 0.3) is 0 Å². The SMILES string of the molecule is CC[C@H](c1nnc(S[C@@H](C)C(=O)Nc2cc(Cl)ccc2Cl)n1Cc1ccccc1)N(C)C. The molecule has 0 radical (unpaired) electrons. The maximum Gasteiger partial charge on any atom is 0.237 e. The topological polar surface area (TPSA) is 63.1 Å². The van der Waals surface area contributed by atoms with Gasteiger partial charge in [0.15, 0.2) is 11.0 Å². The first-order chi connectivity index (χ1) is 15.3. The van der Waals surface area contributed by atoms with E-state index in [9.17, 15) is 4.79 Å². The minimum Gasteiger partial charge on any atom is -0.324 e. The summed E-state index contributed by atoms with van der Waals surface area (Å²) in [6.45, 7) is 4.59. The van der Waals surface area contributed by atoms with Gasteiger partial charge in [0.25, 0.3) is 0 Å². The number of anilines is 1. The maximum absolute atomic E-state index is 12.9. The smallest absolute Gasteiger partial charge is 0.237 e. The van der Waals surface area contributed by atoms with Crippen molar-refractivity contribution in [3.8, 4) is 0 Å². The zero-order chi connectivity index (χ0) is 23.3. The lowest BCUT2D eigenvalue weighted by molar-refractivity contribution is -0.115. The molecule has 0 bridgehead atoms. The van der Waals surface area contributed by atoms with Crippen molar-refractivity contribution in [3.05, 3.63) is 70.0 Å². The molecule has 9 heteroatoms. The molecule has 3 rings (SSSR count). The van der Waals surface area contributed by atoms with Gasteiger partial charge in [0, 0.05) is 5.02 Å². The predicted octanol–water partition coefficient (Wildman–Crippen LogP) is 5.77. The van der Waals surface area contributed by atoms with Gasteiger partial charge in [-0.3, -0.25) is 9.69 Å². The van der Waals surface area contributed by atoms with E-state index >= 15 is 0 Å². The van der Waals surface area contributed by atoms with Crippen LogP contribution < -0.4 is 5.32 Å². The van der Waals surface area contributed by atoms with Gasteiger partial charge in [-0.25, -0.2) is 0 Å². The van der Waals surface area contributed by atoms with Crippen LogP contribution in [0.1, 0.15) is 37.7 Å². The third kappa shape index (κ3) is 6.04. The number of hydrogen-bond donors (Lipinski definition) is 1. The quantitative estimate of drug-likeness (QED) is 0.385. The van der Waals surface area contributed by atoms with Crippen LogP contribution >= 0.6 is 35.0 Å². The summed E-state index contributed by atoms with van der Waals surface area (Å²) in [6.07, 6.45) is 0.897. The van der Waals surface area contributed by atoms with Crippen LogP contribution in [0.5, 0.6) is 0 Å². The van der Waals surface area contributed by atoms with Crippen molar-refractivity contribution in [1.29, 1.82) is 0 Å². The Hall–Kier alpha value is -2.06. The molecule has 3 aromatic rings. The number of halogens is 2. The Morgan fingerprint density at radius 1 is 1.16 bits per heavy atom. The molecular formula is C23H27Cl2N5OS. The fourth-order valence-electron chi connectivity index (χ4n) is 3.37. The van der Waals surface area contributed by atoms with Crippen LogP contribution in [0.2, 0.25) is 10.0 Å². The number of nitrogens with zero attached hydrogens (tertiary/aromatic N) is 4. The molecule has 170 valence electrons. The van der Waals surface area contributed by atoms with Crippen LogP contribution in [0.3, 0.4) is 0 Å². The van der Waals surface area contributed by atoms with Gasteiger partial charge in [0.05, 0.1) is 28.5 Å². The van der Waals surface area contributed by atoms with Crippen molar-refractivity contribution in [2.45, 2.75) is 43.3 Å². The van der Waals surface area contributed by atoms with E-state index in [-0.39, 0.29) is 11.9 Å². The van der Waals surface area contributed by atoms with E-state index < -0.39 is 5.25 Å². The minimum atomic E-state index is -0.420. The summed E-state index contributed by atoms with van der Waals surface area (Å²) in [6, 6.07) is 15.3. The van der Waals surface area contributed by atoms with Gasteiger partial charge in [-0.1, -0.05) is 72.2 Å². The normalized spacial score (nSPS) is 13.2. The molecular weight excluding hydrogens is 465 g/mol. The van der Waals surface area contributed by atoms with Crippen LogP contribution in [-0.4, -0.2) is 44.9 Å². The second-order valence-corrected chi connectivity index (χ2v) is 9.83. The summed E-state index contributed by atoms with van der Waals surface area (Å²) in [5.41, 5.74) is 1.63. The van der Waals surface area contributed by atoms with E-state index in [4.69, 9.17) is 23.2 Å². The molecule has 1 heterocycles. The van der Waals surface area contributed by atoms with Gasteiger partial charge in [0.1, 0.15) is 0 Å². The van der Waals surface area contributed by atoms with Crippen LogP contribution in [0, 0.1) is 0 Å². The van der Waals surface area contributed by atoms with E-state index in [0.717, 1.165) is 17.8 Å². The molecule has 0 saturated carbocycles. The number of aromatic nitrogens is 3. The summed E-state index contributed by atoms with van der Waals surface area (Å²) in [7, 11) is 4.07. The largest absolute Gasteiger partial charge is 0.324 e. The van der Waals surface area contributed by atoms with Crippen molar-refractivity contribution in [1.82, 2.24) is 19.7 Å². The number of carbonyl (C=O) groups excluding carboxylic acids is 1. The summed E-state index contributed by atoms with van der Waals surface area (Å²) in [5.74, 6) is 0.698. The molecule has 1 amide bonds. The Kier molecular flexibility index (Phi) is 8.59. The van der Waals surface area contributed by atoms with Gasteiger partial charge in [-0.05, 0) is 51.2 Å². The molecule has 0 aliphatic carbocycles. The fraction of sp³-hybridized carbons (Fsp3) is 0.348. The maximum atomic E-state index is 12.9. The summed E-state index contributed by atoms with van der Waals surface area (Å²) < 4.78 is 2.10. The number of amides is 1. The molecule has 0 unspecified atom stereocenters. The number of nitrogens with one attached hydrogen (secondary N) is 1. The Balaban J connectivity index is 1.85. The number of hydrogen-bond acceptors (Lipinski definition) is 5. The average Bonchev–Trinajstić information content (AvgIpc) is 3.13. The molecule has 0 fully saturated rings. The van der Waals surface area contributed by atoms with Crippen molar-refractivity contribution in [2.75, 3.05) is 19.4 Å². The van der Waals surface area contributed by atoms with Crippen molar-refractivity contribution >= 4 is 46.6 Å². The highest BCUT2D eigenvalue weighted by molar-refractivity contribution is 8.00. The highest BCUT2D eigenvalue weighted by atomic mass is 35.5. The third-order valence-electron chi connectivity index (χ3n) is 5.07. The lowest BCUT2D eigenvalue weighted by Gasteiger charge is -2.23.